The second kappa shape index (κ2) is 10.3. The van der Waals surface area contributed by atoms with Gasteiger partial charge in [0, 0.05) is 59.9 Å². The normalized spacial score (nSPS) is 38.2. The van der Waals surface area contributed by atoms with E-state index in [4.69, 9.17) is 23.7 Å². The van der Waals surface area contributed by atoms with Crippen molar-refractivity contribution in [2.45, 2.75) is 88.8 Å². The lowest BCUT2D eigenvalue weighted by Gasteiger charge is -2.58. The van der Waals surface area contributed by atoms with E-state index in [0.717, 1.165) is 44.3 Å². The smallest absolute Gasteiger partial charge is 0.183 e. The summed E-state index contributed by atoms with van der Waals surface area (Å²) in [6.07, 6.45) is 6.97. The molecule has 3 fully saturated rings. The fourth-order valence-corrected chi connectivity index (χ4v) is 9.14. The molecule has 0 aliphatic heterocycles. The van der Waals surface area contributed by atoms with Crippen molar-refractivity contribution in [1.82, 2.24) is 0 Å². The van der Waals surface area contributed by atoms with Crippen LogP contribution in [0.15, 0.2) is 35.4 Å². The lowest BCUT2D eigenvalue weighted by molar-refractivity contribution is -0.246. The maximum atomic E-state index is 12.2. The van der Waals surface area contributed by atoms with Gasteiger partial charge in [-0.3, -0.25) is 0 Å². The van der Waals surface area contributed by atoms with Crippen LogP contribution >= 0.6 is 0 Å². The van der Waals surface area contributed by atoms with Gasteiger partial charge in [0.25, 0.3) is 0 Å². The molecule has 2 unspecified atom stereocenters. The van der Waals surface area contributed by atoms with Crippen LogP contribution in [0.3, 0.4) is 0 Å². The molecule has 5 rings (SSSR count). The summed E-state index contributed by atoms with van der Waals surface area (Å²) in [7, 11) is 8.59. The Bertz CT molecular complexity index is 1030. The van der Waals surface area contributed by atoms with Gasteiger partial charge in [-0.2, -0.15) is 0 Å². The van der Waals surface area contributed by atoms with Gasteiger partial charge in [-0.25, -0.2) is 0 Å². The Hall–Kier alpha value is -1.28. The van der Waals surface area contributed by atoms with Crippen LogP contribution in [0, 0.1) is 22.7 Å². The largest absolute Gasteiger partial charge is 0.385 e. The van der Waals surface area contributed by atoms with Crippen LogP contribution in [0.1, 0.15) is 88.5 Å². The molecule has 6 atom stereocenters. The molecule has 0 radical (unpaired) electrons. The highest BCUT2D eigenvalue weighted by atomic mass is 16.7. The fourth-order valence-electron chi connectivity index (χ4n) is 9.14. The average Bonchev–Trinajstić information content (AvgIpc) is 3.18. The van der Waals surface area contributed by atoms with Crippen LogP contribution in [0.5, 0.6) is 0 Å². The van der Waals surface area contributed by atoms with Crippen molar-refractivity contribution in [2.24, 2.45) is 22.7 Å². The van der Waals surface area contributed by atoms with E-state index in [1.165, 1.54) is 29.6 Å². The molecule has 1 aromatic rings. The molecular formula is C32H48O6. The van der Waals surface area contributed by atoms with E-state index in [-0.39, 0.29) is 23.0 Å². The lowest BCUT2D eigenvalue weighted by Crippen LogP contribution is -2.55. The summed E-state index contributed by atoms with van der Waals surface area (Å²) in [5, 5.41) is 12.2. The third-order valence-corrected chi connectivity index (χ3v) is 11.4. The number of fused-ring (bicyclic) bond motifs is 4. The van der Waals surface area contributed by atoms with Gasteiger partial charge in [0.2, 0.25) is 0 Å². The zero-order valence-electron chi connectivity index (χ0n) is 24.5. The minimum absolute atomic E-state index is 0.138. The molecule has 3 saturated carbocycles. The number of ether oxygens (including phenoxy) is 5. The van der Waals surface area contributed by atoms with Crippen LogP contribution in [-0.2, 0) is 23.7 Å². The molecule has 0 saturated heterocycles. The summed E-state index contributed by atoms with van der Waals surface area (Å²) in [6, 6.07) is 8.79. The van der Waals surface area contributed by atoms with Crippen LogP contribution in [0.4, 0.5) is 0 Å². The second-order valence-corrected chi connectivity index (χ2v) is 12.9. The number of hydrogen-bond acceptors (Lipinski definition) is 6. The Kier molecular flexibility index (Phi) is 7.64. The molecule has 4 aliphatic rings. The minimum atomic E-state index is -0.881. The highest BCUT2D eigenvalue weighted by Crippen LogP contribution is 2.70. The van der Waals surface area contributed by atoms with E-state index in [0.29, 0.717) is 18.3 Å². The molecule has 212 valence electrons. The van der Waals surface area contributed by atoms with Crippen molar-refractivity contribution in [3.05, 3.63) is 46.5 Å². The fraction of sp³-hybridized carbons (Fsp3) is 0.750. The van der Waals surface area contributed by atoms with Gasteiger partial charge in [0.05, 0.1) is 12.2 Å². The standard InChI is InChI=1S/C32H48O6/c1-29(20-34-3)15-13-25-23-12-16-31(33)19-32(37-6,38-7)17-14-26(31)27(23)24(18-30(25,29)2)21-8-10-22(11-9-21)28(35-4)36-5/h8-11,23-25,28,33H,12-20H2,1-7H3/t23?,24-,25?,29+,30+,31-/m1/s1. The predicted molar refractivity (Wildman–Crippen MR) is 147 cm³/mol. The van der Waals surface area contributed by atoms with Gasteiger partial charge in [-0.1, -0.05) is 43.7 Å². The lowest BCUT2D eigenvalue weighted by atomic mass is 9.48. The van der Waals surface area contributed by atoms with Crippen LogP contribution < -0.4 is 0 Å². The van der Waals surface area contributed by atoms with E-state index in [1.807, 2.05) is 7.11 Å². The van der Waals surface area contributed by atoms with E-state index in [2.05, 4.69) is 38.1 Å². The second-order valence-electron chi connectivity index (χ2n) is 12.9. The summed E-state index contributed by atoms with van der Waals surface area (Å²) in [6.45, 7) is 5.77. The zero-order chi connectivity index (χ0) is 27.3. The summed E-state index contributed by atoms with van der Waals surface area (Å²) >= 11 is 0. The molecule has 6 heteroatoms. The maximum absolute atomic E-state index is 12.2. The molecule has 0 bridgehead atoms. The van der Waals surface area contributed by atoms with Crippen molar-refractivity contribution in [1.29, 1.82) is 0 Å². The monoisotopic (exact) mass is 528 g/mol. The van der Waals surface area contributed by atoms with Crippen molar-refractivity contribution < 1.29 is 28.8 Å². The zero-order valence-corrected chi connectivity index (χ0v) is 24.5. The average molecular weight is 529 g/mol. The van der Waals surface area contributed by atoms with Crippen molar-refractivity contribution >= 4 is 0 Å². The Balaban J connectivity index is 1.62. The molecule has 6 nitrogen and oxygen atoms in total. The summed E-state index contributed by atoms with van der Waals surface area (Å²) in [5.41, 5.74) is 4.52. The van der Waals surface area contributed by atoms with Crippen LogP contribution in [0.25, 0.3) is 0 Å². The third kappa shape index (κ3) is 4.22. The predicted octanol–water partition coefficient (Wildman–Crippen LogP) is 6.15. The molecule has 1 aromatic carbocycles. The minimum Gasteiger partial charge on any atom is -0.385 e. The highest BCUT2D eigenvalue weighted by molar-refractivity contribution is 5.44. The van der Waals surface area contributed by atoms with Crippen molar-refractivity contribution in [3.63, 3.8) is 0 Å². The Labute approximate surface area is 229 Å². The Morgan fingerprint density at radius 2 is 1.61 bits per heavy atom. The first-order valence-corrected chi connectivity index (χ1v) is 14.3. The van der Waals surface area contributed by atoms with E-state index in [1.54, 1.807) is 28.4 Å². The summed E-state index contributed by atoms with van der Waals surface area (Å²) in [5.74, 6) is 0.627. The number of benzene rings is 1. The van der Waals surface area contributed by atoms with Gasteiger partial charge in [0.1, 0.15) is 0 Å². The first kappa shape index (κ1) is 28.3. The SMILES string of the molecule is COC[C@]1(C)CCC2C3CC[C@@]4(O)CC(OC)(OC)CCC4=C3[C@@H](c3ccc(C(OC)OC)cc3)C[C@@]21C. The summed E-state index contributed by atoms with van der Waals surface area (Å²) in [4.78, 5) is 0. The van der Waals surface area contributed by atoms with Gasteiger partial charge < -0.3 is 28.8 Å². The molecule has 4 aliphatic carbocycles. The summed E-state index contributed by atoms with van der Waals surface area (Å²) < 4.78 is 28.5. The van der Waals surface area contributed by atoms with Crippen LogP contribution in [-0.4, -0.2) is 58.7 Å². The maximum Gasteiger partial charge on any atom is 0.183 e. The number of hydrogen-bond donors (Lipinski definition) is 1. The van der Waals surface area contributed by atoms with E-state index in [9.17, 15) is 5.11 Å². The van der Waals surface area contributed by atoms with Gasteiger partial charge in [0.15, 0.2) is 12.1 Å². The number of rotatable bonds is 8. The highest BCUT2D eigenvalue weighted by Gasteiger charge is 2.63. The first-order valence-electron chi connectivity index (χ1n) is 14.3. The molecule has 0 amide bonds. The van der Waals surface area contributed by atoms with Crippen molar-refractivity contribution in [3.8, 4) is 0 Å². The Morgan fingerprint density at radius 3 is 2.21 bits per heavy atom. The Morgan fingerprint density at radius 1 is 0.921 bits per heavy atom. The van der Waals surface area contributed by atoms with Crippen LogP contribution in [0.2, 0.25) is 0 Å². The molecule has 1 N–H and O–H groups in total. The van der Waals surface area contributed by atoms with Gasteiger partial charge in [-0.15, -0.1) is 0 Å². The molecule has 0 aromatic heterocycles. The first-order chi connectivity index (χ1) is 18.1. The topological polar surface area (TPSA) is 66.4 Å². The van der Waals surface area contributed by atoms with E-state index < -0.39 is 11.4 Å². The van der Waals surface area contributed by atoms with Crippen molar-refractivity contribution in [2.75, 3.05) is 42.2 Å². The number of allylic oxidation sites excluding steroid dienone is 1. The molecule has 0 spiro atoms. The molecule has 38 heavy (non-hydrogen) atoms. The van der Waals surface area contributed by atoms with Gasteiger partial charge >= 0.3 is 0 Å². The number of methoxy groups -OCH3 is 5. The molecule has 0 heterocycles. The third-order valence-electron chi connectivity index (χ3n) is 11.4. The number of aliphatic hydroxyl groups is 1. The van der Waals surface area contributed by atoms with E-state index >= 15 is 0 Å². The quantitative estimate of drug-likeness (QED) is 0.323. The van der Waals surface area contributed by atoms with Gasteiger partial charge in [-0.05, 0) is 72.3 Å². The molecular weight excluding hydrogens is 480 g/mol.